The van der Waals surface area contributed by atoms with E-state index in [0.29, 0.717) is 5.92 Å². The van der Waals surface area contributed by atoms with Crippen molar-refractivity contribution in [2.45, 2.75) is 33.2 Å². The lowest BCUT2D eigenvalue weighted by Gasteiger charge is -2.16. The number of benzene rings is 1. The minimum Gasteiger partial charge on any atom is -0.504 e. The molecule has 0 aliphatic rings. The first-order valence-electron chi connectivity index (χ1n) is 5.73. The van der Waals surface area contributed by atoms with Gasteiger partial charge in [0.2, 0.25) is 0 Å². The molecule has 0 aromatic heterocycles. The zero-order chi connectivity index (χ0) is 13.0. The van der Waals surface area contributed by atoms with Gasteiger partial charge in [0.25, 0.3) is 5.91 Å². The second-order valence-electron chi connectivity index (χ2n) is 4.68. The molecule has 1 unspecified atom stereocenters. The van der Waals surface area contributed by atoms with Gasteiger partial charge in [0.05, 0.1) is 5.56 Å². The Hall–Kier alpha value is -1.71. The average molecular weight is 237 g/mol. The van der Waals surface area contributed by atoms with Crippen LogP contribution in [0.4, 0.5) is 0 Å². The fourth-order valence-corrected chi connectivity index (χ4v) is 1.78. The smallest absolute Gasteiger partial charge is 0.255 e. The molecule has 3 N–H and O–H groups in total. The van der Waals surface area contributed by atoms with Crippen LogP contribution in [0.25, 0.3) is 0 Å². The van der Waals surface area contributed by atoms with Crippen molar-refractivity contribution in [1.29, 1.82) is 0 Å². The van der Waals surface area contributed by atoms with Crippen molar-refractivity contribution in [3.63, 3.8) is 0 Å². The molecule has 4 heteroatoms. The number of phenols is 2. The van der Waals surface area contributed by atoms with E-state index >= 15 is 0 Å². The van der Waals surface area contributed by atoms with Gasteiger partial charge in [0.1, 0.15) is 0 Å². The SMILES string of the molecule is CC(C)CC(C)NC(=O)c1cccc(O)c1O. The number of carbonyl (C=O) groups excluding carboxylic acids is 1. The number of para-hydroxylation sites is 1. The van der Waals surface area contributed by atoms with Gasteiger partial charge in [-0.2, -0.15) is 0 Å². The van der Waals surface area contributed by atoms with Crippen LogP contribution in [0.5, 0.6) is 11.5 Å². The van der Waals surface area contributed by atoms with Crippen molar-refractivity contribution < 1.29 is 15.0 Å². The lowest BCUT2D eigenvalue weighted by molar-refractivity contribution is 0.0932. The topological polar surface area (TPSA) is 69.6 Å². The summed E-state index contributed by atoms with van der Waals surface area (Å²) in [5.41, 5.74) is 0.0978. The molecule has 1 amide bonds. The summed E-state index contributed by atoms with van der Waals surface area (Å²) in [4.78, 5) is 11.8. The summed E-state index contributed by atoms with van der Waals surface area (Å²) in [5, 5.41) is 21.6. The molecule has 0 heterocycles. The number of hydrogen-bond acceptors (Lipinski definition) is 3. The zero-order valence-electron chi connectivity index (χ0n) is 10.4. The van der Waals surface area contributed by atoms with Crippen molar-refractivity contribution in [2.75, 3.05) is 0 Å². The number of phenolic OH excluding ortho intramolecular Hbond substituents is 2. The monoisotopic (exact) mass is 237 g/mol. The second kappa shape index (κ2) is 5.57. The number of nitrogens with one attached hydrogen (secondary N) is 1. The maximum Gasteiger partial charge on any atom is 0.255 e. The van der Waals surface area contributed by atoms with Gasteiger partial charge in [-0.25, -0.2) is 0 Å². The molecule has 0 aliphatic carbocycles. The summed E-state index contributed by atoms with van der Waals surface area (Å²) in [6.07, 6.45) is 0.866. The third-order valence-corrected chi connectivity index (χ3v) is 2.46. The first kappa shape index (κ1) is 13.4. The van der Waals surface area contributed by atoms with Gasteiger partial charge in [-0.1, -0.05) is 19.9 Å². The molecule has 1 rings (SSSR count). The Morgan fingerprint density at radius 2 is 1.94 bits per heavy atom. The van der Waals surface area contributed by atoms with Gasteiger partial charge < -0.3 is 15.5 Å². The Bertz CT molecular complexity index is 402. The molecule has 4 nitrogen and oxygen atoms in total. The van der Waals surface area contributed by atoms with Crippen molar-refractivity contribution >= 4 is 5.91 Å². The van der Waals surface area contributed by atoms with E-state index in [9.17, 15) is 15.0 Å². The van der Waals surface area contributed by atoms with Gasteiger partial charge in [0, 0.05) is 6.04 Å². The number of amides is 1. The predicted octanol–water partition coefficient (Wildman–Crippen LogP) is 2.26. The lowest BCUT2D eigenvalue weighted by atomic mass is 10.0. The van der Waals surface area contributed by atoms with Crippen LogP contribution in [-0.2, 0) is 0 Å². The Morgan fingerprint density at radius 1 is 1.29 bits per heavy atom. The van der Waals surface area contributed by atoms with Gasteiger partial charge in [-0.15, -0.1) is 0 Å². The molecule has 1 aromatic rings. The first-order valence-corrected chi connectivity index (χ1v) is 5.73. The third-order valence-electron chi connectivity index (χ3n) is 2.46. The fraction of sp³-hybridized carbons (Fsp3) is 0.462. The second-order valence-corrected chi connectivity index (χ2v) is 4.68. The molecule has 1 atom stereocenters. The van der Waals surface area contributed by atoms with Gasteiger partial charge in [-0.3, -0.25) is 4.79 Å². The van der Waals surface area contributed by atoms with Crippen molar-refractivity contribution in [3.05, 3.63) is 23.8 Å². The lowest BCUT2D eigenvalue weighted by Crippen LogP contribution is -2.33. The largest absolute Gasteiger partial charge is 0.504 e. The molecule has 0 aliphatic heterocycles. The van der Waals surface area contributed by atoms with Crippen LogP contribution >= 0.6 is 0 Å². The van der Waals surface area contributed by atoms with Crippen LogP contribution in [0.2, 0.25) is 0 Å². The highest BCUT2D eigenvalue weighted by Crippen LogP contribution is 2.28. The van der Waals surface area contributed by atoms with Crippen molar-refractivity contribution in [2.24, 2.45) is 5.92 Å². The molecule has 17 heavy (non-hydrogen) atoms. The zero-order valence-corrected chi connectivity index (χ0v) is 10.4. The van der Waals surface area contributed by atoms with E-state index in [1.54, 1.807) is 0 Å². The number of carbonyl (C=O) groups is 1. The molecule has 0 saturated heterocycles. The Kier molecular flexibility index (Phi) is 4.37. The van der Waals surface area contributed by atoms with Crippen LogP contribution in [0.15, 0.2) is 18.2 Å². The molecular weight excluding hydrogens is 218 g/mol. The van der Waals surface area contributed by atoms with E-state index in [4.69, 9.17) is 0 Å². The quantitative estimate of drug-likeness (QED) is 0.703. The summed E-state index contributed by atoms with van der Waals surface area (Å²) in [5.74, 6) is -0.537. The van der Waals surface area contributed by atoms with Gasteiger partial charge >= 0.3 is 0 Å². The highest BCUT2D eigenvalue weighted by molar-refractivity contribution is 5.97. The molecule has 0 saturated carbocycles. The van der Waals surface area contributed by atoms with Crippen molar-refractivity contribution in [3.8, 4) is 11.5 Å². The van der Waals surface area contributed by atoms with Crippen LogP contribution in [0, 0.1) is 5.92 Å². The molecule has 0 fully saturated rings. The van der Waals surface area contributed by atoms with Crippen molar-refractivity contribution in [1.82, 2.24) is 5.32 Å². The summed E-state index contributed by atoms with van der Waals surface area (Å²) in [6.45, 7) is 6.07. The van der Waals surface area contributed by atoms with E-state index in [1.165, 1.54) is 18.2 Å². The maximum absolute atomic E-state index is 11.8. The summed E-state index contributed by atoms with van der Waals surface area (Å²) < 4.78 is 0. The highest BCUT2D eigenvalue weighted by atomic mass is 16.3. The van der Waals surface area contributed by atoms with E-state index in [1.807, 2.05) is 6.92 Å². The number of aromatic hydroxyl groups is 2. The van der Waals surface area contributed by atoms with Gasteiger partial charge in [0.15, 0.2) is 11.5 Å². The predicted molar refractivity (Wildman–Crippen MR) is 66.2 cm³/mol. The van der Waals surface area contributed by atoms with Crippen LogP contribution < -0.4 is 5.32 Å². The van der Waals surface area contributed by atoms with Crippen LogP contribution in [-0.4, -0.2) is 22.2 Å². The molecule has 94 valence electrons. The first-order chi connectivity index (χ1) is 7.91. The summed E-state index contributed by atoms with van der Waals surface area (Å²) in [7, 11) is 0. The number of rotatable bonds is 4. The maximum atomic E-state index is 11.8. The third kappa shape index (κ3) is 3.66. The molecule has 0 radical (unpaired) electrons. The Morgan fingerprint density at radius 3 is 2.53 bits per heavy atom. The summed E-state index contributed by atoms with van der Waals surface area (Å²) in [6, 6.07) is 4.37. The minimum absolute atomic E-state index is 0.0317. The Labute approximate surface area is 101 Å². The van der Waals surface area contributed by atoms with Crippen LogP contribution in [0.1, 0.15) is 37.6 Å². The summed E-state index contributed by atoms with van der Waals surface area (Å²) >= 11 is 0. The van der Waals surface area contributed by atoms with E-state index < -0.39 is 0 Å². The number of hydrogen-bond donors (Lipinski definition) is 3. The van der Waals surface area contributed by atoms with Gasteiger partial charge in [-0.05, 0) is 31.4 Å². The van der Waals surface area contributed by atoms with E-state index in [-0.39, 0.29) is 29.0 Å². The fourth-order valence-electron chi connectivity index (χ4n) is 1.78. The van der Waals surface area contributed by atoms with E-state index in [2.05, 4.69) is 19.2 Å². The average Bonchev–Trinajstić information content (AvgIpc) is 2.20. The molecule has 0 spiro atoms. The minimum atomic E-state index is -0.373. The van der Waals surface area contributed by atoms with E-state index in [0.717, 1.165) is 6.42 Å². The van der Waals surface area contributed by atoms with Crippen LogP contribution in [0.3, 0.4) is 0 Å². The Balaban J connectivity index is 2.73. The normalized spacial score (nSPS) is 12.5. The molecule has 1 aromatic carbocycles. The standard InChI is InChI=1S/C13H19NO3/c1-8(2)7-9(3)14-13(17)10-5-4-6-11(15)12(10)16/h4-6,8-9,15-16H,7H2,1-3H3,(H,14,17). The molecule has 0 bridgehead atoms. The molecular formula is C13H19NO3. The highest BCUT2D eigenvalue weighted by Gasteiger charge is 2.16.